The number of halogens is 1. The molecule has 6 atom stereocenters. The second kappa shape index (κ2) is 8.16. The molecule has 3 heterocycles. The van der Waals surface area contributed by atoms with Crippen LogP contribution in [0.25, 0.3) is 0 Å². The first-order valence-corrected chi connectivity index (χ1v) is 12.4. The maximum absolute atomic E-state index is 16.3. The number of carbonyl (C=O) groups excluding carboxylic acids is 1. The monoisotopic (exact) mass is 475 g/mol. The lowest BCUT2D eigenvalue weighted by Crippen LogP contribution is -2.49. The summed E-state index contributed by atoms with van der Waals surface area (Å²) in [5.74, 6) is -1.14. The number of likely N-dealkylation sites (N-methyl/N-ethyl adjacent to an activating group) is 1. The van der Waals surface area contributed by atoms with Gasteiger partial charge in [0.25, 0.3) is 15.8 Å². The van der Waals surface area contributed by atoms with Crippen molar-refractivity contribution in [2.75, 3.05) is 13.7 Å². The number of benzene rings is 2. The van der Waals surface area contributed by atoms with E-state index in [1.165, 1.54) is 24.3 Å². The molecule has 33 heavy (non-hydrogen) atoms. The van der Waals surface area contributed by atoms with Crippen LogP contribution >= 0.6 is 0 Å². The zero-order valence-corrected chi connectivity index (χ0v) is 19.2. The topological polar surface area (TPSA) is 85.4 Å². The van der Waals surface area contributed by atoms with Gasteiger partial charge in [0.15, 0.2) is 0 Å². The molecule has 5 rings (SSSR count). The summed E-state index contributed by atoms with van der Waals surface area (Å²) in [5, 5.41) is 0. The van der Waals surface area contributed by atoms with Gasteiger partial charge in [-0.1, -0.05) is 48.0 Å². The number of hydrogen-bond acceptors (Lipinski definition) is 7. The van der Waals surface area contributed by atoms with Gasteiger partial charge in [0.05, 0.1) is 4.90 Å². The molecule has 0 N–H and O–H groups in total. The highest BCUT2D eigenvalue weighted by molar-refractivity contribution is 7.86. The minimum atomic E-state index is -4.27. The largest absolute Gasteiger partial charge is 0.460 e. The van der Waals surface area contributed by atoms with Gasteiger partial charge in [-0.3, -0.25) is 9.08 Å². The summed E-state index contributed by atoms with van der Waals surface area (Å²) in [5.41, 5.74) is -1.92. The zero-order chi connectivity index (χ0) is 23.4. The molecule has 2 aromatic carbocycles. The van der Waals surface area contributed by atoms with Crippen LogP contribution < -0.4 is 0 Å². The molecular formula is C24H26FNO6S. The molecule has 3 aliphatic heterocycles. The summed E-state index contributed by atoms with van der Waals surface area (Å²) in [6.45, 7) is 0.806. The van der Waals surface area contributed by atoms with Crippen LogP contribution in [-0.4, -0.2) is 63.3 Å². The van der Waals surface area contributed by atoms with E-state index < -0.39 is 34.5 Å². The van der Waals surface area contributed by atoms with Crippen molar-refractivity contribution in [3.8, 4) is 0 Å². The van der Waals surface area contributed by atoms with E-state index in [9.17, 15) is 13.2 Å². The third kappa shape index (κ3) is 4.07. The molecule has 0 amide bonds. The minimum absolute atomic E-state index is 0.0174. The van der Waals surface area contributed by atoms with E-state index in [1.807, 2.05) is 14.0 Å². The normalized spacial score (nSPS) is 30.3. The molecule has 176 valence electrons. The fourth-order valence-corrected chi connectivity index (χ4v) is 5.86. The van der Waals surface area contributed by atoms with Gasteiger partial charge in [-0.2, -0.15) is 8.42 Å². The average Bonchev–Trinajstić information content (AvgIpc) is 3.57. The number of hydrogen-bond donors (Lipinski definition) is 0. The van der Waals surface area contributed by atoms with Crippen molar-refractivity contribution in [3.63, 3.8) is 0 Å². The van der Waals surface area contributed by atoms with E-state index in [2.05, 4.69) is 4.90 Å². The fraction of sp³-hybridized carbons (Fsp3) is 0.458. The molecule has 0 aromatic heterocycles. The van der Waals surface area contributed by atoms with Crippen LogP contribution in [0.15, 0.2) is 59.5 Å². The Morgan fingerprint density at radius 1 is 1.09 bits per heavy atom. The number of fused-ring (bicyclic) bond motifs is 5. The van der Waals surface area contributed by atoms with Gasteiger partial charge in [-0.25, -0.2) is 9.18 Å². The number of esters is 1. The Hall–Kier alpha value is -2.33. The van der Waals surface area contributed by atoms with E-state index in [-0.39, 0.29) is 34.8 Å². The van der Waals surface area contributed by atoms with Crippen LogP contribution in [-0.2, 0) is 34.2 Å². The molecule has 2 unspecified atom stereocenters. The SMILES string of the molecule is Cc1ccc(S(=O)(=O)OCC(F)(C(=O)OC2C[C@@H]3[C@H]4O[C@H]4[C@H](C2)N3C)c2ccccc2)cc1. The maximum Gasteiger partial charge on any atom is 0.351 e. The number of piperidine rings is 1. The summed E-state index contributed by atoms with van der Waals surface area (Å²) in [6, 6.07) is 13.9. The van der Waals surface area contributed by atoms with Crippen LogP contribution in [0.5, 0.6) is 0 Å². The first-order valence-electron chi connectivity index (χ1n) is 11.0. The van der Waals surface area contributed by atoms with E-state index in [1.54, 1.807) is 30.3 Å². The summed E-state index contributed by atoms with van der Waals surface area (Å²) >= 11 is 0. The van der Waals surface area contributed by atoms with Crippen LogP contribution in [0.1, 0.15) is 24.0 Å². The third-order valence-electron chi connectivity index (χ3n) is 6.93. The molecule has 0 radical (unpaired) electrons. The Morgan fingerprint density at radius 2 is 1.70 bits per heavy atom. The average molecular weight is 476 g/mol. The Bertz CT molecular complexity index is 1120. The van der Waals surface area contributed by atoms with Crippen LogP contribution in [0.2, 0.25) is 0 Å². The number of carbonyl (C=O) groups is 1. The van der Waals surface area contributed by atoms with Crippen molar-refractivity contribution >= 4 is 16.1 Å². The van der Waals surface area contributed by atoms with Crippen molar-refractivity contribution in [2.24, 2.45) is 0 Å². The lowest BCUT2D eigenvalue weighted by atomic mass is 9.95. The lowest BCUT2D eigenvalue weighted by Gasteiger charge is -2.38. The van der Waals surface area contributed by atoms with Crippen molar-refractivity contribution in [1.82, 2.24) is 4.90 Å². The highest BCUT2D eigenvalue weighted by atomic mass is 32.2. The van der Waals surface area contributed by atoms with Crippen LogP contribution in [0.3, 0.4) is 0 Å². The number of alkyl halides is 1. The number of morpholine rings is 1. The molecule has 3 fully saturated rings. The summed E-state index contributed by atoms with van der Waals surface area (Å²) < 4.78 is 57.9. The van der Waals surface area contributed by atoms with Crippen LogP contribution in [0.4, 0.5) is 4.39 Å². The van der Waals surface area contributed by atoms with Gasteiger partial charge in [0.1, 0.15) is 24.9 Å². The number of ether oxygens (including phenoxy) is 2. The molecule has 3 aliphatic rings. The number of nitrogens with zero attached hydrogens (tertiary/aromatic N) is 1. The predicted octanol–water partition coefficient (Wildman–Crippen LogP) is 2.72. The third-order valence-corrected chi connectivity index (χ3v) is 8.20. The summed E-state index contributed by atoms with van der Waals surface area (Å²) in [7, 11) is -2.25. The summed E-state index contributed by atoms with van der Waals surface area (Å²) in [4.78, 5) is 15.3. The summed E-state index contributed by atoms with van der Waals surface area (Å²) in [6.07, 6.45) is 0.931. The van der Waals surface area contributed by atoms with E-state index in [0.717, 1.165) is 5.56 Å². The first kappa shape index (κ1) is 22.5. The molecule has 0 spiro atoms. The quantitative estimate of drug-likeness (QED) is 0.346. The Labute approximate surface area is 192 Å². The number of rotatable bonds is 7. The Morgan fingerprint density at radius 3 is 2.30 bits per heavy atom. The zero-order valence-electron chi connectivity index (χ0n) is 18.4. The molecule has 7 nitrogen and oxygen atoms in total. The molecule has 3 saturated heterocycles. The highest BCUT2D eigenvalue weighted by Crippen LogP contribution is 2.48. The predicted molar refractivity (Wildman–Crippen MR) is 117 cm³/mol. The molecule has 2 bridgehead atoms. The Kier molecular flexibility index (Phi) is 5.55. The van der Waals surface area contributed by atoms with Crippen LogP contribution in [0, 0.1) is 6.92 Å². The Balaban J connectivity index is 1.34. The minimum Gasteiger partial charge on any atom is -0.460 e. The lowest BCUT2D eigenvalue weighted by molar-refractivity contribution is -0.171. The molecular weight excluding hydrogens is 449 g/mol. The van der Waals surface area contributed by atoms with Gasteiger partial charge >= 0.3 is 5.97 Å². The smallest absolute Gasteiger partial charge is 0.351 e. The molecule has 9 heteroatoms. The number of epoxide rings is 1. The first-order chi connectivity index (χ1) is 15.7. The standard InChI is InChI=1S/C24H26FNO6S/c1-15-8-10-18(11-9-15)33(28,29)30-14-24(25,16-6-4-3-5-7-16)23(27)31-17-12-19-21-22(32-21)20(13-17)26(19)2/h3-11,17,19-22H,12-14H2,1-2H3/t17?,19-,20+,21-,22+,24?. The van der Waals surface area contributed by atoms with Gasteiger partial charge < -0.3 is 9.47 Å². The highest BCUT2D eigenvalue weighted by Gasteiger charge is 2.63. The van der Waals surface area contributed by atoms with Gasteiger partial charge in [-0.15, -0.1) is 0 Å². The van der Waals surface area contributed by atoms with Crippen molar-refractivity contribution in [1.29, 1.82) is 0 Å². The maximum atomic E-state index is 16.3. The number of aryl methyl sites for hydroxylation is 1. The van der Waals surface area contributed by atoms with Gasteiger partial charge in [0.2, 0.25) is 0 Å². The van der Waals surface area contributed by atoms with E-state index >= 15 is 4.39 Å². The van der Waals surface area contributed by atoms with Crippen molar-refractivity contribution < 1.29 is 31.3 Å². The van der Waals surface area contributed by atoms with E-state index in [4.69, 9.17) is 13.7 Å². The molecule has 0 saturated carbocycles. The fourth-order valence-electron chi connectivity index (χ4n) is 4.94. The van der Waals surface area contributed by atoms with Crippen molar-refractivity contribution in [3.05, 3.63) is 65.7 Å². The molecule has 2 aromatic rings. The second-order valence-corrected chi connectivity index (χ2v) is 10.7. The van der Waals surface area contributed by atoms with Gasteiger partial charge in [0, 0.05) is 30.5 Å². The van der Waals surface area contributed by atoms with Gasteiger partial charge in [-0.05, 0) is 26.1 Å². The van der Waals surface area contributed by atoms with Crippen molar-refractivity contribution in [2.45, 2.75) is 60.7 Å². The second-order valence-electron chi connectivity index (χ2n) is 9.06. The van der Waals surface area contributed by atoms with E-state index in [0.29, 0.717) is 12.8 Å². The molecule has 0 aliphatic carbocycles.